The minimum Gasteiger partial charge on any atom is -0.491 e. The molecule has 0 aliphatic rings. The van der Waals surface area contributed by atoms with Crippen LogP contribution in [0.4, 0.5) is 10.1 Å². The fourth-order valence-corrected chi connectivity index (χ4v) is 2.43. The van der Waals surface area contributed by atoms with Gasteiger partial charge in [0, 0.05) is 12.2 Å². The third kappa shape index (κ3) is 5.06. The van der Waals surface area contributed by atoms with E-state index in [2.05, 4.69) is 17.4 Å². The highest BCUT2D eigenvalue weighted by Crippen LogP contribution is 2.22. The summed E-state index contributed by atoms with van der Waals surface area (Å²) in [6.07, 6.45) is -0.668. The molecular formula is C21H20FNO2. The molecule has 0 heterocycles. The SMILES string of the molecule is O[C@H](CNc1ccc(F)cc1)COc1ccc(-c2ccccc2)cc1. The van der Waals surface area contributed by atoms with E-state index < -0.39 is 6.10 Å². The Kier molecular flexibility index (Phi) is 5.65. The van der Waals surface area contributed by atoms with Gasteiger partial charge < -0.3 is 15.2 Å². The molecule has 0 amide bonds. The lowest BCUT2D eigenvalue weighted by molar-refractivity contribution is 0.117. The average molecular weight is 337 g/mol. The van der Waals surface area contributed by atoms with E-state index in [-0.39, 0.29) is 12.4 Å². The second-order valence-corrected chi connectivity index (χ2v) is 5.74. The van der Waals surface area contributed by atoms with Gasteiger partial charge in [-0.25, -0.2) is 4.39 Å². The summed E-state index contributed by atoms with van der Waals surface area (Å²) in [6, 6.07) is 23.9. The predicted molar refractivity (Wildman–Crippen MR) is 98.3 cm³/mol. The lowest BCUT2D eigenvalue weighted by Crippen LogP contribution is -2.26. The maximum Gasteiger partial charge on any atom is 0.123 e. The lowest BCUT2D eigenvalue weighted by atomic mass is 10.1. The van der Waals surface area contributed by atoms with Crippen molar-refractivity contribution >= 4 is 5.69 Å². The van der Waals surface area contributed by atoms with Crippen molar-refractivity contribution in [3.05, 3.63) is 84.7 Å². The van der Waals surface area contributed by atoms with Gasteiger partial charge in [-0.3, -0.25) is 0 Å². The molecule has 0 fully saturated rings. The summed E-state index contributed by atoms with van der Waals surface area (Å²) in [5.74, 6) is 0.425. The smallest absolute Gasteiger partial charge is 0.123 e. The Hall–Kier alpha value is -2.85. The van der Waals surface area contributed by atoms with Crippen molar-refractivity contribution in [1.29, 1.82) is 0 Å². The zero-order valence-electron chi connectivity index (χ0n) is 13.7. The zero-order chi connectivity index (χ0) is 17.5. The molecule has 3 rings (SSSR count). The van der Waals surface area contributed by atoms with Crippen LogP contribution in [-0.2, 0) is 0 Å². The number of hydrogen-bond donors (Lipinski definition) is 2. The number of hydrogen-bond acceptors (Lipinski definition) is 3. The molecule has 4 heteroatoms. The van der Waals surface area contributed by atoms with Gasteiger partial charge in [0.15, 0.2) is 0 Å². The predicted octanol–water partition coefficient (Wildman–Crippen LogP) is 4.34. The summed E-state index contributed by atoms with van der Waals surface area (Å²) < 4.78 is 18.4. The first-order valence-corrected chi connectivity index (χ1v) is 8.16. The normalized spacial score (nSPS) is 11.8. The molecule has 0 aliphatic heterocycles. The first-order valence-electron chi connectivity index (χ1n) is 8.16. The standard InChI is InChI=1S/C21H20FNO2/c22-18-8-10-19(11-9-18)23-14-20(24)15-25-21-12-6-17(7-13-21)16-4-2-1-3-5-16/h1-13,20,23-24H,14-15H2/t20-/m1/s1. The molecular weight excluding hydrogens is 317 g/mol. The second-order valence-electron chi connectivity index (χ2n) is 5.74. The van der Waals surface area contributed by atoms with Crippen LogP contribution in [0.2, 0.25) is 0 Å². The van der Waals surface area contributed by atoms with Crippen molar-refractivity contribution in [2.75, 3.05) is 18.5 Å². The summed E-state index contributed by atoms with van der Waals surface area (Å²) in [4.78, 5) is 0. The van der Waals surface area contributed by atoms with Gasteiger partial charge in [-0.05, 0) is 47.5 Å². The Balaban J connectivity index is 1.47. The number of anilines is 1. The lowest BCUT2D eigenvalue weighted by Gasteiger charge is -2.14. The Morgan fingerprint density at radius 3 is 2.16 bits per heavy atom. The van der Waals surface area contributed by atoms with E-state index in [1.807, 2.05) is 42.5 Å². The third-order valence-corrected chi connectivity index (χ3v) is 3.79. The van der Waals surface area contributed by atoms with Gasteiger partial charge >= 0.3 is 0 Å². The molecule has 128 valence electrons. The highest BCUT2D eigenvalue weighted by atomic mass is 19.1. The van der Waals surface area contributed by atoms with Crippen LogP contribution >= 0.6 is 0 Å². The van der Waals surface area contributed by atoms with Gasteiger partial charge in [-0.1, -0.05) is 42.5 Å². The molecule has 0 aromatic heterocycles. The van der Waals surface area contributed by atoms with E-state index in [9.17, 15) is 9.50 Å². The first-order chi connectivity index (χ1) is 12.2. The highest BCUT2D eigenvalue weighted by molar-refractivity contribution is 5.63. The number of halogens is 1. The van der Waals surface area contributed by atoms with Crippen molar-refractivity contribution in [2.45, 2.75) is 6.10 Å². The molecule has 0 aliphatic carbocycles. The van der Waals surface area contributed by atoms with Gasteiger partial charge in [0.2, 0.25) is 0 Å². The Labute approximate surface area is 146 Å². The van der Waals surface area contributed by atoms with E-state index >= 15 is 0 Å². The van der Waals surface area contributed by atoms with E-state index in [1.165, 1.54) is 12.1 Å². The molecule has 0 bridgehead atoms. The molecule has 0 saturated carbocycles. The number of nitrogens with one attached hydrogen (secondary N) is 1. The Morgan fingerprint density at radius 1 is 0.840 bits per heavy atom. The molecule has 25 heavy (non-hydrogen) atoms. The van der Waals surface area contributed by atoms with Crippen LogP contribution in [0, 0.1) is 5.82 Å². The molecule has 0 radical (unpaired) electrons. The molecule has 2 N–H and O–H groups in total. The zero-order valence-corrected chi connectivity index (χ0v) is 13.7. The van der Waals surface area contributed by atoms with Crippen molar-refractivity contribution in [1.82, 2.24) is 0 Å². The van der Waals surface area contributed by atoms with Crippen LogP contribution in [0.3, 0.4) is 0 Å². The Bertz CT molecular complexity index is 773. The van der Waals surface area contributed by atoms with Gasteiger partial charge in [0.05, 0.1) is 0 Å². The van der Waals surface area contributed by atoms with E-state index in [4.69, 9.17) is 4.74 Å². The molecule has 3 aromatic carbocycles. The molecule has 0 unspecified atom stereocenters. The van der Waals surface area contributed by atoms with Gasteiger partial charge in [-0.2, -0.15) is 0 Å². The third-order valence-electron chi connectivity index (χ3n) is 3.79. The topological polar surface area (TPSA) is 41.5 Å². The van der Waals surface area contributed by atoms with Gasteiger partial charge in [0.25, 0.3) is 0 Å². The maximum absolute atomic E-state index is 12.8. The van der Waals surface area contributed by atoms with Crippen LogP contribution < -0.4 is 10.1 Å². The second kappa shape index (κ2) is 8.31. The first kappa shape index (κ1) is 17.0. The quantitative estimate of drug-likeness (QED) is 0.674. The maximum atomic E-state index is 12.8. The summed E-state index contributed by atoms with van der Waals surface area (Å²) >= 11 is 0. The summed E-state index contributed by atoms with van der Waals surface area (Å²) in [7, 11) is 0. The Morgan fingerprint density at radius 2 is 1.48 bits per heavy atom. The highest BCUT2D eigenvalue weighted by Gasteiger charge is 2.06. The molecule has 3 aromatic rings. The number of ether oxygens (including phenoxy) is 1. The van der Waals surface area contributed by atoms with Crippen LogP contribution in [0.5, 0.6) is 5.75 Å². The molecule has 0 spiro atoms. The fourth-order valence-electron chi connectivity index (χ4n) is 2.43. The summed E-state index contributed by atoms with van der Waals surface area (Å²) in [5.41, 5.74) is 3.02. The van der Waals surface area contributed by atoms with E-state index in [0.29, 0.717) is 12.3 Å². The number of aliphatic hydroxyl groups is 1. The van der Waals surface area contributed by atoms with Crippen LogP contribution in [0.25, 0.3) is 11.1 Å². The summed E-state index contributed by atoms with van der Waals surface area (Å²) in [5, 5.41) is 13.0. The van der Waals surface area contributed by atoms with Crippen LogP contribution in [0.1, 0.15) is 0 Å². The van der Waals surface area contributed by atoms with Crippen molar-refractivity contribution in [2.24, 2.45) is 0 Å². The van der Waals surface area contributed by atoms with Crippen molar-refractivity contribution < 1.29 is 14.2 Å². The van der Waals surface area contributed by atoms with Gasteiger partial charge in [0.1, 0.15) is 24.3 Å². The minimum atomic E-state index is -0.668. The minimum absolute atomic E-state index is 0.179. The largest absolute Gasteiger partial charge is 0.491 e. The average Bonchev–Trinajstić information content (AvgIpc) is 2.67. The van der Waals surface area contributed by atoms with E-state index in [0.717, 1.165) is 16.8 Å². The molecule has 3 nitrogen and oxygen atoms in total. The fraction of sp³-hybridized carbons (Fsp3) is 0.143. The monoisotopic (exact) mass is 337 g/mol. The molecule has 1 atom stereocenters. The van der Waals surface area contributed by atoms with E-state index in [1.54, 1.807) is 12.1 Å². The van der Waals surface area contributed by atoms with Gasteiger partial charge in [-0.15, -0.1) is 0 Å². The summed E-state index contributed by atoms with van der Waals surface area (Å²) in [6.45, 7) is 0.507. The van der Waals surface area contributed by atoms with Crippen LogP contribution in [0.15, 0.2) is 78.9 Å². The number of aliphatic hydroxyl groups excluding tert-OH is 1. The number of benzene rings is 3. The van der Waals surface area contributed by atoms with Crippen LogP contribution in [-0.4, -0.2) is 24.4 Å². The number of rotatable bonds is 7. The van der Waals surface area contributed by atoms with Crippen molar-refractivity contribution in [3.63, 3.8) is 0 Å². The molecule has 0 saturated heterocycles. The van der Waals surface area contributed by atoms with Crippen molar-refractivity contribution in [3.8, 4) is 16.9 Å².